The van der Waals surface area contributed by atoms with E-state index in [4.69, 9.17) is 4.79 Å². The van der Waals surface area contributed by atoms with Gasteiger partial charge in [-0.15, -0.1) is 0 Å². The Kier molecular flexibility index (Phi) is 10.2. The zero-order valence-electron chi connectivity index (χ0n) is 12.7. The Hall–Kier alpha value is -2.37. The minimum atomic E-state index is -0.228. The van der Waals surface area contributed by atoms with Crippen LogP contribution in [0.1, 0.15) is 26.3 Å². The third-order valence-corrected chi connectivity index (χ3v) is 2.30. The average molecular weight is 294 g/mol. The van der Waals surface area contributed by atoms with Crippen molar-refractivity contribution in [3.05, 3.63) is 41.5 Å². The summed E-state index contributed by atoms with van der Waals surface area (Å²) in [6.07, 6.45) is 2.06. The van der Waals surface area contributed by atoms with Crippen LogP contribution in [0.5, 0.6) is 0 Å². The van der Waals surface area contributed by atoms with Crippen molar-refractivity contribution in [1.82, 2.24) is 10.6 Å². The van der Waals surface area contributed by atoms with E-state index in [1.54, 1.807) is 12.1 Å². The third-order valence-electron chi connectivity index (χ3n) is 2.30. The number of hydrogen-bond acceptors (Lipinski definition) is 4. The van der Waals surface area contributed by atoms with Crippen molar-refractivity contribution < 1.29 is 9.18 Å². The molecule has 116 valence electrons. The highest BCUT2D eigenvalue weighted by Gasteiger charge is 2.10. The first-order valence-corrected chi connectivity index (χ1v) is 6.88. The van der Waals surface area contributed by atoms with Crippen LogP contribution >= 0.6 is 0 Å². The Labute approximate surface area is 125 Å². The largest absolute Gasteiger partial charge is 0.377 e. The van der Waals surface area contributed by atoms with Gasteiger partial charge in [0.15, 0.2) is 0 Å². The van der Waals surface area contributed by atoms with Gasteiger partial charge in [0.05, 0.1) is 12.2 Å². The fourth-order valence-corrected chi connectivity index (χ4v) is 1.59. The zero-order valence-corrected chi connectivity index (χ0v) is 12.7. The lowest BCUT2D eigenvalue weighted by Gasteiger charge is -2.18. The van der Waals surface area contributed by atoms with Crippen molar-refractivity contribution in [3.8, 4) is 0 Å². The molecule has 0 aliphatic carbocycles. The van der Waals surface area contributed by atoms with Gasteiger partial charge in [-0.25, -0.2) is 9.38 Å². The first kappa shape index (κ1) is 18.6. The summed E-state index contributed by atoms with van der Waals surface area (Å²) >= 11 is 0. The molecule has 1 aromatic rings. The summed E-state index contributed by atoms with van der Waals surface area (Å²) < 4.78 is 12.8. The van der Waals surface area contributed by atoms with E-state index in [0.29, 0.717) is 6.54 Å². The highest BCUT2D eigenvalue weighted by atomic mass is 19.1. The van der Waals surface area contributed by atoms with E-state index in [1.807, 2.05) is 27.0 Å². The van der Waals surface area contributed by atoms with Crippen LogP contribution in [-0.4, -0.2) is 25.7 Å². The molecule has 1 heterocycles. The summed E-state index contributed by atoms with van der Waals surface area (Å²) in [6.45, 7) is 7.51. The second kappa shape index (κ2) is 11.5. The molecule has 1 aliphatic heterocycles. The predicted octanol–water partition coefficient (Wildman–Crippen LogP) is 1.86. The summed E-state index contributed by atoms with van der Waals surface area (Å²) in [5, 5.41) is 6.41. The normalized spacial score (nSPS) is 12.2. The van der Waals surface area contributed by atoms with Crippen LogP contribution in [0.25, 0.3) is 5.70 Å². The van der Waals surface area contributed by atoms with Gasteiger partial charge in [-0.3, -0.25) is 4.79 Å². The summed E-state index contributed by atoms with van der Waals surface area (Å²) in [6, 6.07) is 6.39. The van der Waals surface area contributed by atoms with Crippen molar-refractivity contribution in [2.24, 2.45) is 10.7 Å². The van der Waals surface area contributed by atoms with Crippen LogP contribution in [0.4, 0.5) is 4.39 Å². The molecule has 0 fully saturated rings. The first-order valence-electron chi connectivity index (χ1n) is 6.88. The van der Waals surface area contributed by atoms with Gasteiger partial charge in [0.25, 0.3) is 0 Å². The molecule has 0 saturated carbocycles. The highest BCUT2D eigenvalue weighted by Crippen LogP contribution is 2.17. The number of primary amides is 1. The molecule has 2 rings (SSSR count). The molecule has 1 aliphatic rings. The number of benzene rings is 1. The molecule has 0 radical (unpaired) electrons. The fourth-order valence-electron chi connectivity index (χ4n) is 1.59. The molecule has 4 N–H and O–H groups in total. The Morgan fingerprint density at radius 2 is 1.95 bits per heavy atom. The number of hydrogen-bond donors (Lipinski definition) is 3. The standard InChI is InChI=1S/C12H14FN3.C2H6.CH3NO/c1-2-14-12-11(15-7-8-16-12)9-3-5-10(13)6-4-9;1-2;2-1-3/h3-6,8,14-15H,2,7H2,1H3;1-2H3;1H,(H2,2,3). The van der Waals surface area contributed by atoms with Crippen molar-refractivity contribution >= 4 is 18.3 Å². The van der Waals surface area contributed by atoms with Gasteiger partial charge in [0.2, 0.25) is 6.41 Å². The maximum absolute atomic E-state index is 12.8. The molecular formula is C15H23FN4O. The number of aliphatic imine (C=N–C) groups is 1. The average Bonchev–Trinajstić information content (AvgIpc) is 2.52. The minimum Gasteiger partial charge on any atom is -0.377 e. The SMILES string of the molecule is CC.CCNC1=C(c2ccc(F)cc2)NCC=N1.NC=O. The Balaban J connectivity index is 0.000000713. The molecule has 5 nitrogen and oxygen atoms in total. The lowest BCUT2D eigenvalue weighted by molar-refractivity contribution is -0.106. The first-order chi connectivity index (χ1) is 10.2. The van der Waals surface area contributed by atoms with Gasteiger partial charge in [-0.05, 0) is 31.2 Å². The number of amides is 1. The lowest BCUT2D eigenvalue weighted by Crippen LogP contribution is -2.26. The van der Waals surface area contributed by atoms with Gasteiger partial charge in [-0.1, -0.05) is 13.8 Å². The number of halogens is 1. The summed E-state index contributed by atoms with van der Waals surface area (Å²) in [5.41, 5.74) is 6.03. The highest BCUT2D eigenvalue weighted by molar-refractivity contribution is 5.76. The van der Waals surface area contributed by atoms with E-state index in [0.717, 1.165) is 23.6 Å². The predicted molar refractivity (Wildman–Crippen MR) is 85.1 cm³/mol. The Morgan fingerprint density at radius 3 is 2.48 bits per heavy atom. The van der Waals surface area contributed by atoms with Gasteiger partial charge >= 0.3 is 0 Å². The second-order valence-corrected chi connectivity index (χ2v) is 3.59. The summed E-state index contributed by atoms with van der Waals surface area (Å²) in [5.74, 6) is 0.578. The topological polar surface area (TPSA) is 79.5 Å². The summed E-state index contributed by atoms with van der Waals surface area (Å²) in [7, 11) is 0. The van der Waals surface area contributed by atoms with Crippen LogP contribution in [-0.2, 0) is 4.79 Å². The van der Waals surface area contributed by atoms with E-state index >= 15 is 0 Å². The molecular weight excluding hydrogens is 271 g/mol. The maximum atomic E-state index is 12.8. The quantitative estimate of drug-likeness (QED) is 0.744. The summed E-state index contributed by atoms with van der Waals surface area (Å²) in [4.78, 5) is 12.9. The van der Waals surface area contributed by atoms with Crippen LogP contribution < -0.4 is 16.4 Å². The van der Waals surface area contributed by atoms with Gasteiger partial charge in [-0.2, -0.15) is 0 Å². The Morgan fingerprint density at radius 1 is 1.38 bits per heavy atom. The number of nitrogens with two attached hydrogens (primary N) is 1. The molecule has 0 spiro atoms. The van der Waals surface area contributed by atoms with Crippen molar-refractivity contribution in [1.29, 1.82) is 0 Å². The second-order valence-electron chi connectivity index (χ2n) is 3.59. The van der Waals surface area contributed by atoms with Crippen molar-refractivity contribution in [2.45, 2.75) is 20.8 Å². The molecule has 1 aromatic carbocycles. The number of carbonyl (C=O) groups excluding carboxylic acids is 1. The molecule has 21 heavy (non-hydrogen) atoms. The fraction of sp³-hybridized carbons (Fsp3) is 0.333. The van der Waals surface area contributed by atoms with Gasteiger partial charge < -0.3 is 16.4 Å². The number of rotatable bonds is 3. The van der Waals surface area contributed by atoms with Gasteiger partial charge in [0.1, 0.15) is 11.6 Å². The number of nitrogens with one attached hydrogen (secondary N) is 2. The van der Waals surface area contributed by atoms with Crippen molar-refractivity contribution in [3.63, 3.8) is 0 Å². The van der Waals surface area contributed by atoms with Crippen LogP contribution in [0.3, 0.4) is 0 Å². The van der Waals surface area contributed by atoms with Crippen LogP contribution in [0, 0.1) is 5.82 Å². The smallest absolute Gasteiger partial charge is 0.204 e. The molecule has 0 bridgehead atoms. The minimum absolute atomic E-state index is 0.228. The molecule has 6 heteroatoms. The van der Waals surface area contributed by atoms with Gasteiger partial charge in [0, 0.05) is 18.3 Å². The van der Waals surface area contributed by atoms with E-state index in [1.165, 1.54) is 12.1 Å². The molecule has 0 atom stereocenters. The number of nitrogens with zero attached hydrogens (tertiary/aromatic N) is 1. The molecule has 0 saturated heterocycles. The zero-order chi connectivity index (χ0) is 16.1. The van der Waals surface area contributed by atoms with Crippen LogP contribution in [0.15, 0.2) is 35.1 Å². The van der Waals surface area contributed by atoms with E-state index < -0.39 is 0 Å². The monoisotopic (exact) mass is 294 g/mol. The maximum Gasteiger partial charge on any atom is 0.204 e. The molecule has 0 aromatic heterocycles. The van der Waals surface area contributed by atoms with Crippen molar-refractivity contribution in [2.75, 3.05) is 13.1 Å². The molecule has 1 amide bonds. The third kappa shape index (κ3) is 6.56. The molecule has 0 unspecified atom stereocenters. The van der Waals surface area contributed by atoms with E-state index in [2.05, 4.69) is 21.4 Å². The lowest BCUT2D eigenvalue weighted by atomic mass is 10.1. The van der Waals surface area contributed by atoms with E-state index in [-0.39, 0.29) is 12.2 Å². The van der Waals surface area contributed by atoms with E-state index in [9.17, 15) is 4.39 Å². The Bertz CT molecular complexity index is 469. The van der Waals surface area contributed by atoms with Crippen LogP contribution in [0.2, 0.25) is 0 Å². The number of carbonyl (C=O) groups is 1.